The van der Waals surface area contributed by atoms with Crippen molar-refractivity contribution in [3.63, 3.8) is 0 Å². The van der Waals surface area contributed by atoms with Crippen LogP contribution in [0.4, 0.5) is 17.3 Å². The predicted molar refractivity (Wildman–Crippen MR) is 111 cm³/mol. The van der Waals surface area contributed by atoms with Gasteiger partial charge < -0.3 is 10.6 Å². The van der Waals surface area contributed by atoms with E-state index in [4.69, 9.17) is 11.6 Å². The largest absolute Gasteiger partial charge is 0.324 e. The fraction of sp³-hybridized carbons (Fsp3) is 0.143. The Morgan fingerprint density at radius 2 is 1.79 bits per heavy atom. The predicted octanol–water partition coefficient (Wildman–Crippen LogP) is 4.95. The first-order valence-electron chi connectivity index (χ1n) is 8.63. The third kappa shape index (κ3) is 4.72. The van der Waals surface area contributed by atoms with Crippen LogP contribution >= 0.6 is 11.6 Å². The molecule has 28 heavy (non-hydrogen) atoms. The first kappa shape index (κ1) is 19.5. The van der Waals surface area contributed by atoms with Gasteiger partial charge in [0.1, 0.15) is 5.69 Å². The van der Waals surface area contributed by atoms with E-state index in [-0.39, 0.29) is 23.3 Å². The number of benzene rings is 2. The van der Waals surface area contributed by atoms with E-state index in [1.54, 1.807) is 49.4 Å². The Kier molecular flexibility index (Phi) is 5.70. The molecule has 0 saturated heterocycles. The minimum Gasteiger partial charge on any atom is -0.324 e. The summed E-state index contributed by atoms with van der Waals surface area (Å²) in [4.78, 5) is 32.8. The molecule has 0 saturated carbocycles. The smallest absolute Gasteiger partial charge is 0.274 e. The first-order valence-corrected chi connectivity index (χ1v) is 9.01. The second kappa shape index (κ2) is 8.19. The maximum atomic E-state index is 12.7. The van der Waals surface area contributed by atoms with Crippen molar-refractivity contribution in [2.45, 2.75) is 20.8 Å². The van der Waals surface area contributed by atoms with Crippen molar-refractivity contribution in [2.24, 2.45) is 0 Å². The zero-order valence-corrected chi connectivity index (χ0v) is 16.5. The third-order valence-corrected chi connectivity index (χ3v) is 4.30. The van der Waals surface area contributed by atoms with E-state index in [1.807, 2.05) is 13.0 Å². The molecule has 0 spiro atoms. The molecular formula is C21H19ClN4O2. The topological polar surface area (TPSA) is 84.0 Å². The monoisotopic (exact) mass is 394 g/mol. The number of nitrogens with zero attached hydrogens (tertiary/aromatic N) is 2. The number of hydrogen-bond acceptors (Lipinski definition) is 5. The number of rotatable bonds is 5. The molecule has 7 heteroatoms. The number of carbonyl (C=O) groups excluding carboxylic acids is 2. The number of carbonyl (C=O) groups is 2. The third-order valence-electron chi connectivity index (χ3n) is 4.06. The molecule has 3 aromatic rings. The van der Waals surface area contributed by atoms with Crippen molar-refractivity contribution in [3.05, 3.63) is 76.1 Å². The molecule has 6 nitrogen and oxygen atoms in total. The molecule has 0 fully saturated rings. The molecule has 2 aromatic carbocycles. The van der Waals surface area contributed by atoms with E-state index in [0.29, 0.717) is 27.7 Å². The molecule has 0 aliphatic rings. The van der Waals surface area contributed by atoms with E-state index in [1.165, 1.54) is 6.92 Å². The van der Waals surface area contributed by atoms with Crippen LogP contribution in [0.15, 0.2) is 48.5 Å². The molecule has 1 amide bonds. The van der Waals surface area contributed by atoms with E-state index in [0.717, 1.165) is 5.56 Å². The Bertz CT molecular complexity index is 1070. The van der Waals surface area contributed by atoms with Crippen molar-refractivity contribution in [1.29, 1.82) is 0 Å². The fourth-order valence-corrected chi connectivity index (χ4v) is 2.77. The molecule has 1 aromatic heterocycles. The molecule has 0 unspecified atom stereocenters. The van der Waals surface area contributed by atoms with Gasteiger partial charge in [-0.05, 0) is 56.7 Å². The average molecular weight is 395 g/mol. The van der Waals surface area contributed by atoms with Crippen LogP contribution in [0, 0.1) is 13.8 Å². The summed E-state index contributed by atoms with van der Waals surface area (Å²) in [5.74, 6) is -0.129. The van der Waals surface area contributed by atoms with Crippen LogP contribution in [-0.4, -0.2) is 21.7 Å². The van der Waals surface area contributed by atoms with E-state index in [9.17, 15) is 9.59 Å². The van der Waals surface area contributed by atoms with E-state index >= 15 is 0 Å². The summed E-state index contributed by atoms with van der Waals surface area (Å²) in [5.41, 5.74) is 3.60. The number of Topliss-reactive ketones (excluding diaryl/α,β-unsaturated/α-hetero) is 1. The second-order valence-electron chi connectivity index (χ2n) is 6.39. The van der Waals surface area contributed by atoms with E-state index < -0.39 is 0 Å². The zero-order chi connectivity index (χ0) is 20.3. The van der Waals surface area contributed by atoms with Crippen LogP contribution < -0.4 is 10.6 Å². The molecule has 142 valence electrons. The number of anilines is 3. The van der Waals surface area contributed by atoms with Crippen LogP contribution in [0.1, 0.15) is 39.0 Å². The van der Waals surface area contributed by atoms with Gasteiger partial charge >= 0.3 is 0 Å². The Hall–Kier alpha value is -3.25. The van der Waals surface area contributed by atoms with Gasteiger partial charge in [0.05, 0.1) is 0 Å². The van der Waals surface area contributed by atoms with Gasteiger partial charge in [0, 0.05) is 27.7 Å². The highest BCUT2D eigenvalue weighted by Crippen LogP contribution is 2.21. The van der Waals surface area contributed by atoms with Gasteiger partial charge in [-0.2, -0.15) is 0 Å². The Morgan fingerprint density at radius 3 is 2.54 bits per heavy atom. The van der Waals surface area contributed by atoms with Crippen molar-refractivity contribution < 1.29 is 9.59 Å². The van der Waals surface area contributed by atoms with Gasteiger partial charge in [-0.1, -0.05) is 29.8 Å². The van der Waals surface area contributed by atoms with Crippen molar-refractivity contribution >= 4 is 40.6 Å². The minimum atomic E-state index is -0.364. The molecule has 3 rings (SSSR count). The summed E-state index contributed by atoms with van der Waals surface area (Å²) in [5, 5.41) is 6.40. The van der Waals surface area contributed by atoms with Crippen LogP contribution in [0.3, 0.4) is 0 Å². The van der Waals surface area contributed by atoms with Gasteiger partial charge in [0.25, 0.3) is 5.91 Å². The van der Waals surface area contributed by atoms with Gasteiger partial charge in [0.15, 0.2) is 5.78 Å². The van der Waals surface area contributed by atoms with Gasteiger partial charge in [-0.25, -0.2) is 9.97 Å². The van der Waals surface area contributed by atoms with Crippen LogP contribution in [0.25, 0.3) is 0 Å². The normalized spacial score (nSPS) is 10.4. The molecule has 2 N–H and O–H groups in total. The summed E-state index contributed by atoms with van der Waals surface area (Å²) >= 11 is 6.01. The van der Waals surface area contributed by atoms with Crippen LogP contribution in [0.2, 0.25) is 5.02 Å². The summed E-state index contributed by atoms with van der Waals surface area (Å²) in [6.45, 7) is 5.16. The highest BCUT2D eigenvalue weighted by Gasteiger charge is 2.13. The lowest BCUT2D eigenvalue weighted by molar-refractivity contribution is 0.101. The number of hydrogen-bond donors (Lipinski definition) is 2. The summed E-state index contributed by atoms with van der Waals surface area (Å²) < 4.78 is 0. The Balaban J connectivity index is 1.85. The molecular weight excluding hydrogens is 376 g/mol. The lowest BCUT2D eigenvalue weighted by atomic mass is 10.1. The number of halogens is 1. The molecule has 0 atom stereocenters. The van der Waals surface area contributed by atoms with E-state index in [2.05, 4.69) is 20.6 Å². The standard InChI is InChI=1S/C21H19ClN4O2/c1-12-7-8-16(22)11-18(12)25-20(28)19-9-13(2)23-21(26-19)24-17-6-4-5-15(10-17)14(3)27/h4-11H,1-3H3,(H,25,28)(H,23,24,26). The number of ketones is 1. The van der Waals surface area contributed by atoms with Gasteiger partial charge in [0.2, 0.25) is 5.95 Å². The summed E-state index contributed by atoms with van der Waals surface area (Å²) in [6, 6.07) is 13.9. The van der Waals surface area contributed by atoms with Crippen LogP contribution in [-0.2, 0) is 0 Å². The van der Waals surface area contributed by atoms with Gasteiger partial charge in [-0.3, -0.25) is 9.59 Å². The number of aryl methyl sites for hydroxylation is 2. The van der Waals surface area contributed by atoms with Crippen molar-refractivity contribution in [3.8, 4) is 0 Å². The Labute approximate surface area is 168 Å². The number of aromatic nitrogens is 2. The first-order chi connectivity index (χ1) is 13.3. The molecule has 0 radical (unpaired) electrons. The SMILES string of the molecule is CC(=O)c1cccc(Nc2nc(C)cc(C(=O)Nc3cc(Cl)ccc3C)n2)c1. The highest BCUT2D eigenvalue weighted by atomic mass is 35.5. The van der Waals surface area contributed by atoms with Crippen molar-refractivity contribution in [1.82, 2.24) is 9.97 Å². The maximum absolute atomic E-state index is 12.7. The Morgan fingerprint density at radius 1 is 1.00 bits per heavy atom. The number of amides is 1. The zero-order valence-electron chi connectivity index (χ0n) is 15.7. The second-order valence-corrected chi connectivity index (χ2v) is 6.83. The average Bonchev–Trinajstić information content (AvgIpc) is 2.64. The quantitative estimate of drug-likeness (QED) is 0.598. The van der Waals surface area contributed by atoms with Gasteiger partial charge in [-0.15, -0.1) is 0 Å². The summed E-state index contributed by atoms with van der Waals surface area (Å²) in [6.07, 6.45) is 0. The lowest BCUT2D eigenvalue weighted by Gasteiger charge is -2.11. The maximum Gasteiger partial charge on any atom is 0.274 e. The number of nitrogens with one attached hydrogen (secondary N) is 2. The molecule has 0 bridgehead atoms. The fourth-order valence-electron chi connectivity index (χ4n) is 2.60. The van der Waals surface area contributed by atoms with Crippen LogP contribution in [0.5, 0.6) is 0 Å². The molecule has 0 aliphatic carbocycles. The highest BCUT2D eigenvalue weighted by molar-refractivity contribution is 6.31. The molecule has 1 heterocycles. The van der Waals surface area contributed by atoms with Crippen molar-refractivity contribution in [2.75, 3.05) is 10.6 Å². The lowest BCUT2D eigenvalue weighted by Crippen LogP contribution is -2.16. The molecule has 0 aliphatic heterocycles. The summed E-state index contributed by atoms with van der Waals surface area (Å²) in [7, 11) is 0. The minimum absolute atomic E-state index is 0.0363.